The van der Waals surface area contributed by atoms with Crippen LogP contribution in [0.2, 0.25) is 0 Å². The van der Waals surface area contributed by atoms with Gasteiger partial charge in [0.05, 0.1) is 50.2 Å². The van der Waals surface area contributed by atoms with Crippen LogP contribution in [0.15, 0.2) is 182 Å². The maximum Gasteiger partial charge on any atom is 0.104 e. The third kappa shape index (κ3) is 5.29. The monoisotopic (exact) mass is 996 g/mol. The Morgan fingerprint density at radius 2 is 0.526 bits per heavy atom. The fourth-order valence-corrected chi connectivity index (χ4v) is 14.9. The molecule has 0 amide bonds. The molecule has 0 unspecified atom stereocenters. The van der Waals surface area contributed by atoms with Gasteiger partial charge in [0.2, 0.25) is 0 Å². The zero-order chi connectivity index (χ0) is 52.9. The van der Waals surface area contributed by atoms with Gasteiger partial charge in [0.25, 0.3) is 0 Å². The first-order chi connectivity index (χ1) is 37.9. The summed E-state index contributed by atoms with van der Waals surface area (Å²) in [5.41, 5.74) is 20.7. The molecule has 366 valence electrons. The minimum atomic E-state index is -0.341. The first-order valence-electron chi connectivity index (χ1n) is 26.9. The number of fused-ring (bicyclic) bond motifs is 18. The van der Waals surface area contributed by atoms with Gasteiger partial charge < -0.3 is 13.7 Å². The average molecular weight is 997 g/mol. The van der Waals surface area contributed by atoms with Crippen LogP contribution in [0.4, 0.5) is 0 Å². The molecule has 0 bridgehead atoms. The van der Waals surface area contributed by atoms with Crippen molar-refractivity contribution in [2.45, 2.75) is 57.8 Å². The highest BCUT2D eigenvalue weighted by Crippen LogP contribution is 2.56. The first kappa shape index (κ1) is 44.4. The van der Waals surface area contributed by atoms with Crippen LogP contribution in [0.5, 0.6) is 0 Å². The Morgan fingerprint density at radius 1 is 0.269 bits per heavy atom. The molecule has 0 aliphatic heterocycles. The molecule has 0 fully saturated rings. The maximum atomic E-state index is 12.3. The van der Waals surface area contributed by atoms with E-state index < -0.39 is 0 Å². The third-order valence-electron chi connectivity index (χ3n) is 18.6. The summed E-state index contributed by atoms with van der Waals surface area (Å²) in [5.74, 6) is 0. The molecule has 3 aliphatic rings. The summed E-state index contributed by atoms with van der Waals surface area (Å²) < 4.78 is 6.52. The van der Waals surface area contributed by atoms with Crippen LogP contribution in [0.25, 0.3) is 116 Å². The largest absolute Gasteiger partial charge is 0.306 e. The lowest BCUT2D eigenvalue weighted by Crippen LogP contribution is -2.16. The van der Waals surface area contributed by atoms with Crippen LogP contribution in [0.3, 0.4) is 0 Å². The Hall–Kier alpha value is -9.93. The van der Waals surface area contributed by atoms with E-state index in [4.69, 9.17) is 0 Å². The zero-order valence-corrected chi connectivity index (χ0v) is 44.0. The molecule has 13 aromatic rings. The molecule has 0 spiro atoms. The van der Waals surface area contributed by atoms with Crippen LogP contribution in [-0.2, 0) is 16.2 Å². The van der Waals surface area contributed by atoms with E-state index >= 15 is 0 Å². The highest BCUT2D eigenvalue weighted by Gasteiger charge is 2.41. The normalized spacial score (nSPS) is 14.8. The summed E-state index contributed by atoms with van der Waals surface area (Å²) in [5, 5.41) is 43.1. The predicted octanol–water partition coefficient (Wildman–Crippen LogP) is 17.5. The van der Waals surface area contributed by atoms with Gasteiger partial charge >= 0.3 is 0 Å². The third-order valence-corrected chi connectivity index (χ3v) is 18.6. The molecular formula is C72H48N6. The van der Waals surface area contributed by atoms with Crippen molar-refractivity contribution in [1.82, 2.24) is 13.7 Å². The topological polar surface area (TPSA) is 86.2 Å². The quantitative estimate of drug-likeness (QED) is 0.177. The molecule has 10 aromatic carbocycles. The lowest BCUT2D eigenvalue weighted by Gasteiger charge is -2.25. The molecule has 0 radical (unpaired) electrons. The minimum absolute atomic E-state index is 0.237. The fourth-order valence-electron chi connectivity index (χ4n) is 14.9. The Kier molecular flexibility index (Phi) is 8.49. The summed E-state index contributed by atoms with van der Waals surface area (Å²) in [6.07, 6.45) is 0. The Morgan fingerprint density at radius 3 is 0.808 bits per heavy atom. The highest BCUT2D eigenvalue weighted by molar-refractivity contribution is 6.16. The smallest absolute Gasteiger partial charge is 0.104 e. The summed E-state index contributed by atoms with van der Waals surface area (Å²) >= 11 is 0. The number of hydrogen-bond acceptors (Lipinski definition) is 3. The SMILES string of the molecule is CC1(C)c2ccccc2-c2cc3c4ccccc4n(-c4c(C#N)c(-n5c6ccccc6c6cc7c(cc65)C(C)(C)c5ccccc5-7)c(C#N)c(-n5c6ccccc6c6cc7c(cc65)C(C)(C)c5ccccc5-7)c4C#N)c3cc21. The van der Waals surface area contributed by atoms with Crippen LogP contribution >= 0.6 is 0 Å². The number of nitrogens with zero attached hydrogens (tertiary/aromatic N) is 6. The number of rotatable bonds is 3. The van der Waals surface area contributed by atoms with Gasteiger partial charge in [-0.2, -0.15) is 15.8 Å². The highest BCUT2D eigenvalue weighted by atomic mass is 15.1. The van der Waals surface area contributed by atoms with Crippen molar-refractivity contribution in [3.05, 3.63) is 232 Å². The molecule has 3 aliphatic carbocycles. The Balaban J connectivity index is 1.12. The molecule has 6 heteroatoms. The van der Waals surface area contributed by atoms with Gasteiger partial charge in [-0.05, 0) is 121 Å². The number of aromatic nitrogens is 3. The number of para-hydroxylation sites is 3. The van der Waals surface area contributed by atoms with E-state index in [1.165, 1.54) is 66.8 Å². The van der Waals surface area contributed by atoms with E-state index in [1.54, 1.807) is 0 Å². The first-order valence-corrected chi connectivity index (χ1v) is 26.9. The van der Waals surface area contributed by atoms with Crippen LogP contribution < -0.4 is 0 Å². The van der Waals surface area contributed by atoms with Crippen molar-refractivity contribution in [3.63, 3.8) is 0 Å². The molecule has 3 heterocycles. The standard InChI is InChI=1S/C72H48N6/c1-70(2)55-25-13-7-19-40(55)46-31-49-43-22-10-16-28-61(43)76(64(49)34-58(46)70)67-52(37-73)68(77-62-29-17-11-23-44(62)50-32-47-41-20-8-14-26-56(41)71(3,4)59(47)35-65(50)77)54(39-75)69(53(67)38-74)78-63-30-18-12-24-45(63)51-33-48-42-21-9-15-27-57(42)72(5,6)60(48)36-66(51)78/h7-36H,1-6H3. The summed E-state index contributed by atoms with van der Waals surface area (Å²) in [7, 11) is 0. The summed E-state index contributed by atoms with van der Waals surface area (Å²) in [6.45, 7) is 13.7. The van der Waals surface area contributed by atoms with Crippen LogP contribution in [0, 0.1) is 34.0 Å². The second kappa shape index (κ2) is 14.9. The zero-order valence-electron chi connectivity index (χ0n) is 44.0. The number of benzene rings is 10. The summed E-state index contributed by atoms with van der Waals surface area (Å²) in [6, 6.07) is 73.3. The second-order valence-corrected chi connectivity index (χ2v) is 23.3. The van der Waals surface area contributed by atoms with Gasteiger partial charge in [0.1, 0.15) is 34.9 Å². The average Bonchev–Trinajstić information content (AvgIpc) is 4.35. The van der Waals surface area contributed by atoms with Gasteiger partial charge in [-0.15, -0.1) is 0 Å². The molecule has 3 aromatic heterocycles. The van der Waals surface area contributed by atoms with E-state index in [-0.39, 0.29) is 32.9 Å². The fraction of sp³-hybridized carbons (Fsp3) is 0.125. The molecule has 0 saturated carbocycles. The summed E-state index contributed by atoms with van der Waals surface area (Å²) in [4.78, 5) is 0. The predicted molar refractivity (Wildman–Crippen MR) is 316 cm³/mol. The minimum Gasteiger partial charge on any atom is -0.306 e. The van der Waals surface area contributed by atoms with Crippen molar-refractivity contribution in [1.29, 1.82) is 15.8 Å². The van der Waals surface area contributed by atoms with Crippen LogP contribution in [-0.4, -0.2) is 13.7 Å². The Labute approximate surface area is 451 Å². The van der Waals surface area contributed by atoms with E-state index in [9.17, 15) is 15.8 Å². The molecule has 0 saturated heterocycles. The molecule has 0 atom stereocenters. The van der Waals surface area contributed by atoms with Gasteiger partial charge in [0.15, 0.2) is 0 Å². The van der Waals surface area contributed by atoms with Gasteiger partial charge in [-0.3, -0.25) is 0 Å². The van der Waals surface area contributed by atoms with E-state index in [0.717, 1.165) is 65.4 Å². The van der Waals surface area contributed by atoms with Crippen molar-refractivity contribution in [2.75, 3.05) is 0 Å². The molecule has 6 nitrogen and oxygen atoms in total. The van der Waals surface area contributed by atoms with E-state index in [0.29, 0.717) is 17.1 Å². The van der Waals surface area contributed by atoms with Gasteiger partial charge in [0, 0.05) is 48.6 Å². The van der Waals surface area contributed by atoms with E-state index in [2.05, 4.69) is 237 Å². The lowest BCUT2D eigenvalue weighted by molar-refractivity contribution is 0.661. The van der Waals surface area contributed by atoms with E-state index in [1.807, 2.05) is 18.2 Å². The second-order valence-electron chi connectivity index (χ2n) is 23.3. The number of nitriles is 3. The molecule has 78 heavy (non-hydrogen) atoms. The van der Waals surface area contributed by atoms with Crippen LogP contribution in [0.1, 0.15) is 91.6 Å². The van der Waals surface area contributed by atoms with Crippen molar-refractivity contribution >= 4 is 65.4 Å². The Bertz CT molecular complexity index is 4570. The number of hydrogen-bond donors (Lipinski definition) is 0. The molecule has 16 rings (SSSR count). The molecular weight excluding hydrogens is 949 g/mol. The lowest BCUT2D eigenvalue weighted by atomic mass is 9.82. The molecule has 0 N–H and O–H groups in total. The maximum absolute atomic E-state index is 12.3. The van der Waals surface area contributed by atoms with Crippen molar-refractivity contribution < 1.29 is 0 Å². The van der Waals surface area contributed by atoms with Crippen molar-refractivity contribution in [3.8, 4) is 68.7 Å². The van der Waals surface area contributed by atoms with Gasteiger partial charge in [-0.1, -0.05) is 169 Å². The van der Waals surface area contributed by atoms with Gasteiger partial charge in [-0.25, -0.2) is 0 Å². The van der Waals surface area contributed by atoms with Crippen molar-refractivity contribution in [2.24, 2.45) is 0 Å².